The first-order valence-corrected chi connectivity index (χ1v) is 13.6. The Hall–Kier alpha value is -3.47. The number of hydrogen-bond donors (Lipinski definition) is 1. The molecule has 0 unspecified atom stereocenters. The highest BCUT2D eigenvalue weighted by Crippen LogP contribution is 2.28. The van der Waals surface area contributed by atoms with Gasteiger partial charge in [-0.3, -0.25) is 24.0 Å². The van der Waals surface area contributed by atoms with E-state index < -0.39 is 33.4 Å². The standard InChI is InChI=1S/C25H34N4O6S/c1-6-19(4)26-25(31)22(7-2)27(16-20-11-9-8-10-12-20)24(30)17-28(36(5,34)35)23-15-21(29(32)33)14-13-18(23)3/h8-15,19,22H,6-7,16-17H2,1-5H3,(H,26,31)/t19-,22-/m0/s1. The second-order valence-corrected chi connectivity index (χ2v) is 10.7. The lowest BCUT2D eigenvalue weighted by atomic mass is 10.1. The van der Waals surface area contributed by atoms with Crippen LogP contribution in [-0.4, -0.2) is 54.9 Å². The summed E-state index contributed by atoms with van der Waals surface area (Å²) in [5, 5.41) is 14.2. The largest absolute Gasteiger partial charge is 0.352 e. The van der Waals surface area contributed by atoms with Crippen LogP contribution in [-0.2, 0) is 26.2 Å². The molecule has 11 heteroatoms. The van der Waals surface area contributed by atoms with Gasteiger partial charge in [0.1, 0.15) is 12.6 Å². The zero-order valence-corrected chi connectivity index (χ0v) is 22.1. The van der Waals surface area contributed by atoms with E-state index in [0.717, 1.165) is 22.2 Å². The summed E-state index contributed by atoms with van der Waals surface area (Å²) < 4.78 is 26.3. The van der Waals surface area contributed by atoms with E-state index in [1.165, 1.54) is 17.0 Å². The van der Waals surface area contributed by atoms with Crippen molar-refractivity contribution in [1.82, 2.24) is 10.2 Å². The number of sulfonamides is 1. The van der Waals surface area contributed by atoms with Crippen LogP contribution in [0.3, 0.4) is 0 Å². The lowest BCUT2D eigenvalue weighted by Gasteiger charge is -2.33. The van der Waals surface area contributed by atoms with Gasteiger partial charge in [0.05, 0.1) is 16.9 Å². The van der Waals surface area contributed by atoms with Crippen molar-refractivity contribution in [3.05, 3.63) is 69.8 Å². The molecule has 0 heterocycles. The molecular formula is C25H34N4O6S. The molecule has 2 aromatic carbocycles. The summed E-state index contributed by atoms with van der Waals surface area (Å²) in [6.07, 6.45) is 1.96. The molecule has 196 valence electrons. The third-order valence-electron chi connectivity index (χ3n) is 5.93. The van der Waals surface area contributed by atoms with Crippen LogP contribution in [0.5, 0.6) is 0 Å². The number of anilines is 1. The minimum Gasteiger partial charge on any atom is -0.352 e. The zero-order chi connectivity index (χ0) is 27.0. The number of aryl methyl sites for hydroxylation is 1. The van der Waals surface area contributed by atoms with Crippen LogP contribution in [0, 0.1) is 17.0 Å². The van der Waals surface area contributed by atoms with Crippen molar-refractivity contribution in [3.63, 3.8) is 0 Å². The molecule has 2 amide bonds. The minimum absolute atomic E-state index is 0.0387. The third-order valence-corrected chi connectivity index (χ3v) is 7.06. The molecule has 1 N–H and O–H groups in total. The number of hydrogen-bond acceptors (Lipinski definition) is 6. The quantitative estimate of drug-likeness (QED) is 0.339. The number of non-ortho nitro benzene ring substituents is 1. The highest BCUT2D eigenvalue weighted by Gasteiger charge is 2.32. The molecule has 0 fully saturated rings. The highest BCUT2D eigenvalue weighted by atomic mass is 32.2. The fraction of sp³-hybridized carbons (Fsp3) is 0.440. The average Bonchev–Trinajstić information content (AvgIpc) is 2.82. The molecule has 0 aliphatic heterocycles. The van der Waals surface area contributed by atoms with Gasteiger partial charge in [-0.2, -0.15) is 0 Å². The van der Waals surface area contributed by atoms with E-state index in [9.17, 15) is 28.1 Å². The molecule has 2 atom stereocenters. The number of nitro groups is 1. The molecule has 0 aliphatic rings. The second kappa shape index (κ2) is 12.5. The number of nitrogens with one attached hydrogen (secondary N) is 1. The number of nitro benzene ring substituents is 1. The topological polar surface area (TPSA) is 130 Å². The van der Waals surface area contributed by atoms with Gasteiger partial charge in [-0.15, -0.1) is 0 Å². The Morgan fingerprint density at radius 2 is 1.72 bits per heavy atom. The van der Waals surface area contributed by atoms with E-state index in [4.69, 9.17) is 0 Å². The fourth-order valence-electron chi connectivity index (χ4n) is 3.72. The lowest BCUT2D eigenvalue weighted by Crippen LogP contribution is -2.53. The van der Waals surface area contributed by atoms with E-state index in [0.29, 0.717) is 18.4 Å². The smallest absolute Gasteiger partial charge is 0.271 e. The maximum Gasteiger partial charge on any atom is 0.271 e. The van der Waals surface area contributed by atoms with Crippen molar-refractivity contribution in [3.8, 4) is 0 Å². The van der Waals surface area contributed by atoms with Gasteiger partial charge in [-0.1, -0.05) is 50.2 Å². The molecule has 0 spiro atoms. The molecule has 36 heavy (non-hydrogen) atoms. The summed E-state index contributed by atoms with van der Waals surface area (Å²) >= 11 is 0. The van der Waals surface area contributed by atoms with Crippen LogP contribution < -0.4 is 9.62 Å². The molecule has 2 aromatic rings. The van der Waals surface area contributed by atoms with Crippen LogP contribution in [0.1, 0.15) is 44.7 Å². The van der Waals surface area contributed by atoms with Gasteiger partial charge < -0.3 is 10.2 Å². The molecule has 0 saturated heterocycles. The van der Waals surface area contributed by atoms with Gasteiger partial charge in [0.25, 0.3) is 5.69 Å². The number of carbonyl (C=O) groups is 2. The van der Waals surface area contributed by atoms with Crippen molar-refractivity contribution in [1.29, 1.82) is 0 Å². The SMILES string of the molecule is CC[C@H](C)NC(=O)[C@H](CC)N(Cc1ccccc1)C(=O)CN(c1cc([N+](=O)[O-])ccc1C)S(C)(=O)=O. The first-order valence-electron chi connectivity index (χ1n) is 11.8. The zero-order valence-electron chi connectivity index (χ0n) is 21.3. The van der Waals surface area contributed by atoms with Crippen LogP contribution in [0.2, 0.25) is 0 Å². The van der Waals surface area contributed by atoms with Crippen LogP contribution in [0.25, 0.3) is 0 Å². The van der Waals surface area contributed by atoms with Crippen LogP contribution in [0.15, 0.2) is 48.5 Å². The van der Waals surface area contributed by atoms with Gasteiger partial charge in [0.2, 0.25) is 21.8 Å². The Bertz CT molecular complexity index is 1190. The molecule has 10 nitrogen and oxygen atoms in total. The average molecular weight is 519 g/mol. The number of benzene rings is 2. The van der Waals surface area contributed by atoms with Crippen molar-refractivity contribution in [2.45, 2.75) is 59.2 Å². The van der Waals surface area contributed by atoms with Gasteiger partial charge in [-0.25, -0.2) is 8.42 Å². The lowest BCUT2D eigenvalue weighted by molar-refractivity contribution is -0.384. The summed E-state index contributed by atoms with van der Waals surface area (Å²) in [5.41, 5.74) is 0.974. The Morgan fingerprint density at radius 3 is 2.25 bits per heavy atom. The molecular weight excluding hydrogens is 484 g/mol. The maximum atomic E-state index is 13.7. The molecule has 2 rings (SSSR count). The van der Waals surface area contributed by atoms with Crippen LogP contribution >= 0.6 is 0 Å². The third kappa shape index (κ3) is 7.51. The summed E-state index contributed by atoms with van der Waals surface area (Å²) in [6.45, 7) is 6.68. The summed E-state index contributed by atoms with van der Waals surface area (Å²) in [4.78, 5) is 38.8. The number of carbonyl (C=O) groups excluding carboxylic acids is 2. The predicted octanol–water partition coefficient (Wildman–Crippen LogP) is 3.39. The molecule has 0 radical (unpaired) electrons. The van der Waals surface area contributed by atoms with Crippen molar-refractivity contribution in [2.75, 3.05) is 17.1 Å². The Balaban J connectivity index is 2.50. The fourth-order valence-corrected chi connectivity index (χ4v) is 4.61. The normalized spacial score (nSPS) is 12.9. The van der Waals surface area contributed by atoms with Gasteiger partial charge in [0, 0.05) is 24.7 Å². The number of amides is 2. The monoisotopic (exact) mass is 518 g/mol. The molecule has 0 saturated carbocycles. The number of rotatable bonds is 12. The van der Waals surface area contributed by atoms with Crippen LogP contribution in [0.4, 0.5) is 11.4 Å². The molecule has 0 bridgehead atoms. The minimum atomic E-state index is -4.00. The van der Waals surface area contributed by atoms with Crippen molar-refractivity contribution >= 4 is 33.2 Å². The van der Waals surface area contributed by atoms with Gasteiger partial charge in [-0.05, 0) is 37.8 Å². The maximum absolute atomic E-state index is 13.7. The molecule has 0 aromatic heterocycles. The first kappa shape index (κ1) is 28.8. The van der Waals surface area contributed by atoms with Gasteiger partial charge in [0.15, 0.2) is 0 Å². The van der Waals surface area contributed by atoms with Crippen molar-refractivity contribution in [2.24, 2.45) is 0 Å². The molecule has 0 aliphatic carbocycles. The van der Waals surface area contributed by atoms with E-state index in [-0.39, 0.29) is 29.9 Å². The first-order chi connectivity index (χ1) is 16.9. The summed E-state index contributed by atoms with van der Waals surface area (Å²) in [7, 11) is -4.00. The summed E-state index contributed by atoms with van der Waals surface area (Å²) in [5.74, 6) is -0.921. The Labute approximate surface area is 212 Å². The number of nitrogens with zero attached hydrogens (tertiary/aromatic N) is 3. The summed E-state index contributed by atoms with van der Waals surface area (Å²) in [6, 6.07) is 12.0. The van der Waals surface area contributed by atoms with E-state index in [2.05, 4.69) is 5.32 Å². The van der Waals surface area contributed by atoms with E-state index >= 15 is 0 Å². The van der Waals surface area contributed by atoms with Gasteiger partial charge >= 0.3 is 0 Å². The highest BCUT2D eigenvalue weighted by molar-refractivity contribution is 7.92. The second-order valence-electron chi connectivity index (χ2n) is 8.75. The Kier molecular flexibility index (Phi) is 9.97. The van der Waals surface area contributed by atoms with Crippen molar-refractivity contribution < 1.29 is 22.9 Å². The van der Waals surface area contributed by atoms with E-state index in [1.54, 1.807) is 13.8 Å². The van der Waals surface area contributed by atoms with E-state index in [1.807, 2.05) is 44.2 Å². The predicted molar refractivity (Wildman–Crippen MR) is 139 cm³/mol. The Morgan fingerprint density at radius 1 is 1.08 bits per heavy atom.